The molecule has 3 fully saturated rings. The second-order valence-corrected chi connectivity index (χ2v) is 16.8. The molecule has 0 spiro atoms. The van der Waals surface area contributed by atoms with Crippen molar-refractivity contribution in [2.75, 3.05) is 26.2 Å². The van der Waals surface area contributed by atoms with Crippen LogP contribution in [0.4, 0.5) is 0 Å². The SMILES string of the molecule is CCCCN(CC(O)C(CC1CCC(O)CC1)NC(=O)C1CC(C(N)=O)CC(C(=O)N(CCC)CCC)C1)NS(=O)(=O)C1CCCCC1. The number of rotatable bonds is 19. The number of unbranched alkanes of at least 4 members (excludes halogenated alkanes) is 1. The van der Waals surface area contributed by atoms with Gasteiger partial charge in [-0.3, -0.25) is 14.4 Å². The molecule has 0 saturated heterocycles. The van der Waals surface area contributed by atoms with Gasteiger partial charge >= 0.3 is 0 Å². The Bertz CT molecular complexity index is 1100. The molecule has 5 atom stereocenters. The Labute approximate surface area is 289 Å². The van der Waals surface area contributed by atoms with Crippen LogP contribution in [0, 0.1) is 23.7 Å². The molecule has 3 aliphatic rings. The lowest BCUT2D eigenvalue weighted by Crippen LogP contribution is -2.55. The van der Waals surface area contributed by atoms with E-state index in [2.05, 4.69) is 10.1 Å². The lowest BCUT2D eigenvalue weighted by Gasteiger charge is -2.37. The molecule has 48 heavy (non-hydrogen) atoms. The van der Waals surface area contributed by atoms with Gasteiger partial charge in [0.1, 0.15) is 0 Å². The maximum Gasteiger partial charge on any atom is 0.227 e. The number of hydrogen-bond acceptors (Lipinski definition) is 8. The number of carbonyl (C=O) groups excluding carboxylic acids is 3. The molecule has 3 saturated carbocycles. The molecule has 13 heteroatoms. The maximum atomic E-state index is 14.0. The second-order valence-electron chi connectivity index (χ2n) is 14.8. The quantitative estimate of drug-likeness (QED) is 0.127. The lowest BCUT2D eigenvalue weighted by molar-refractivity contribution is -0.141. The van der Waals surface area contributed by atoms with E-state index in [1.54, 1.807) is 5.01 Å². The van der Waals surface area contributed by atoms with Crippen molar-refractivity contribution in [3.8, 4) is 0 Å². The minimum Gasteiger partial charge on any atom is -0.393 e. The summed E-state index contributed by atoms with van der Waals surface area (Å²) in [6, 6.07) is -0.680. The molecule has 0 bridgehead atoms. The minimum atomic E-state index is -3.63. The van der Waals surface area contributed by atoms with Crippen molar-refractivity contribution in [3.63, 3.8) is 0 Å². The van der Waals surface area contributed by atoms with E-state index in [9.17, 15) is 33.0 Å². The molecule has 3 amide bonds. The molecule has 12 nitrogen and oxygen atoms in total. The predicted molar refractivity (Wildman–Crippen MR) is 187 cm³/mol. The number of nitrogens with zero attached hydrogens (tertiary/aromatic N) is 2. The van der Waals surface area contributed by atoms with Gasteiger partial charge in [-0.15, -0.1) is 4.83 Å². The van der Waals surface area contributed by atoms with E-state index < -0.39 is 51.1 Å². The van der Waals surface area contributed by atoms with Crippen molar-refractivity contribution in [1.29, 1.82) is 0 Å². The van der Waals surface area contributed by atoms with Crippen molar-refractivity contribution in [3.05, 3.63) is 0 Å². The van der Waals surface area contributed by atoms with Gasteiger partial charge in [0.15, 0.2) is 0 Å². The Morgan fingerprint density at radius 1 is 0.833 bits per heavy atom. The molecule has 0 aromatic rings. The van der Waals surface area contributed by atoms with Crippen LogP contribution in [-0.2, 0) is 24.4 Å². The van der Waals surface area contributed by atoms with Crippen LogP contribution in [-0.4, -0.2) is 95.9 Å². The van der Waals surface area contributed by atoms with Gasteiger partial charge in [-0.1, -0.05) is 46.5 Å². The van der Waals surface area contributed by atoms with Gasteiger partial charge in [0, 0.05) is 43.9 Å². The fraction of sp³-hybridized carbons (Fsp3) is 0.914. The second kappa shape index (κ2) is 20.1. The standard InChI is InChI=1S/C35H65N5O7S/c1-4-7-19-40(38-48(46,47)30-11-9-8-10-12-30)24-32(42)31(20-25-13-15-29(41)16-14-25)37-34(44)27-21-26(33(36)43)22-28(23-27)35(45)39(17-5-2)18-6-3/h25-32,38,41-42H,4-24H2,1-3H3,(H2,36,43)(H,37,44). The fourth-order valence-corrected chi connectivity index (χ4v) is 9.58. The Hall–Kier alpha value is -1.80. The predicted octanol–water partition coefficient (Wildman–Crippen LogP) is 3.21. The van der Waals surface area contributed by atoms with Crippen molar-refractivity contribution in [2.24, 2.45) is 29.4 Å². The highest BCUT2D eigenvalue weighted by atomic mass is 32.2. The molecule has 6 N–H and O–H groups in total. The van der Waals surface area contributed by atoms with Gasteiger partial charge in [0.25, 0.3) is 0 Å². The first-order valence-corrected chi connectivity index (χ1v) is 20.4. The normalized spacial score (nSPS) is 26.9. The molecule has 0 radical (unpaired) electrons. The number of aliphatic hydroxyl groups is 2. The molecular weight excluding hydrogens is 634 g/mol. The third-order valence-corrected chi connectivity index (χ3v) is 12.6. The van der Waals surface area contributed by atoms with Gasteiger partial charge in [-0.05, 0) is 89.4 Å². The number of aliphatic hydroxyl groups excluding tert-OH is 2. The van der Waals surface area contributed by atoms with Crippen LogP contribution < -0.4 is 15.9 Å². The van der Waals surface area contributed by atoms with E-state index in [4.69, 9.17) is 5.73 Å². The Morgan fingerprint density at radius 3 is 2.02 bits per heavy atom. The Kier molecular flexibility index (Phi) is 17.1. The van der Waals surface area contributed by atoms with Gasteiger partial charge in [-0.2, -0.15) is 0 Å². The first kappa shape index (κ1) is 40.6. The third kappa shape index (κ3) is 12.5. The van der Waals surface area contributed by atoms with Crippen molar-refractivity contribution >= 4 is 27.7 Å². The molecule has 0 aliphatic heterocycles. The van der Waals surface area contributed by atoms with Crippen LogP contribution in [0.5, 0.6) is 0 Å². The van der Waals surface area contributed by atoms with Gasteiger partial charge in [0.2, 0.25) is 27.7 Å². The highest BCUT2D eigenvalue weighted by Crippen LogP contribution is 2.36. The number of primary amides is 1. The van der Waals surface area contributed by atoms with Crippen LogP contribution in [0.15, 0.2) is 0 Å². The topological polar surface area (TPSA) is 182 Å². The first-order valence-electron chi connectivity index (χ1n) is 18.9. The smallest absolute Gasteiger partial charge is 0.227 e. The van der Waals surface area contributed by atoms with Crippen molar-refractivity contribution < 1.29 is 33.0 Å². The summed E-state index contributed by atoms with van der Waals surface area (Å²) in [6.45, 7) is 7.72. The summed E-state index contributed by atoms with van der Waals surface area (Å²) >= 11 is 0. The summed E-state index contributed by atoms with van der Waals surface area (Å²) in [7, 11) is -3.63. The van der Waals surface area contributed by atoms with Crippen LogP contribution in [0.2, 0.25) is 0 Å². The summed E-state index contributed by atoms with van der Waals surface area (Å²) in [4.78, 5) is 44.6. The zero-order chi connectivity index (χ0) is 35.3. The average molecular weight is 700 g/mol. The molecule has 3 aliphatic carbocycles. The largest absolute Gasteiger partial charge is 0.393 e. The minimum absolute atomic E-state index is 0.00489. The molecule has 278 valence electrons. The van der Waals surface area contributed by atoms with Crippen molar-refractivity contribution in [2.45, 2.75) is 153 Å². The van der Waals surface area contributed by atoms with E-state index in [0.717, 1.165) is 57.8 Å². The monoisotopic (exact) mass is 699 g/mol. The highest BCUT2D eigenvalue weighted by molar-refractivity contribution is 7.90. The van der Waals surface area contributed by atoms with Crippen LogP contribution in [0.1, 0.15) is 130 Å². The molecule has 3 rings (SSSR count). The molecule has 0 aromatic carbocycles. The zero-order valence-electron chi connectivity index (χ0n) is 29.8. The molecular formula is C35H65N5O7S. The number of amides is 3. The van der Waals surface area contributed by atoms with Gasteiger partial charge in [0.05, 0.1) is 23.5 Å². The summed E-state index contributed by atoms with van der Waals surface area (Å²) in [6.07, 6.45) is 10.0. The number of hydrazine groups is 1. The molecule has 0 aromatic heterocycles. The summed E-state index contributed by atoms with van der Waals surface area (Å²) in [5.41, 5.74) is 5.75. The average Bonchev–Trinajstić information content (AvgIpc) is 3.07. The first-order chi connectivity index (χ1) is 22.9. The number of nitrogens with two attached hydrogens (primary N) is 1. The van der Waals surface area contributed by atoms with Crippen LogP contribution in [0.3, 0.4) is 0 Å². The van der Waals surface area contributed by atoms with Crippen LogP contribution in [0.25, 0.3) is 0 Å². The maximum absolute atomic E-state index is 14.0. The van der Waals surface area contributed by atoms with Gasteiger partial charge < -0.3 is 26.2 Å². The summed E-state index contributed by atoms with van der Waals surface area (Å²) < 4.78 is 26.7. The van der Waals surface area contributed by atoms with Crippen molar-refractivity contribution in [1.82, 2.24) is 20.1 Å². The van der Waals surface area contributed by atoms with E-state index in [0.29, 0.717) is 64.6 Å². The van der Waals surface area contributed by atoms with Crippen LogP contribution >= 0.6 is 0 Å². The Balaban J connectivity index is 1.79. The summed E-state index contributed by atoms with van der Waals surface area (Å²) in [5, 5.41) is 26.0. The fourth-order valence-electron chi connectivity index (χ4n) is 7.96. The zero-order valence-corrected chi connectivity index (χ0v) is 30.6. The summed E-state index contributed by atoms with van der Waals surface area (Å²) in [5.74, 6) is -2.43. The van der Waals surface area contributed by atoms with E-state index in [1.807, 2.05) is 25.7 Å². The lowest BCUT2D eigenvalue weighted by atomic mass is 9.73. The van der Waals surface area contributed by atoms with E-state index in [1.165, 1.54) is 0 Å². The van der Waals surface area contributed by atoms with Gasteiger partial charge in [-0.25, -0.2) is 13.4 Å². The Morgan fingerprint density at radius 2 is 1.44 bits per heavy atom. The number of hydrogen-bond donors (Lipinski definition) is 5. The third-order valence-electron chi connectivity index (χ3n) is 10.8. The number of sulfonamides is 1. The molecule has 5 unspecified atom stereocenters. The number of nitrogens with one attached hydrogen (secondary N) is 2. The van der Waals surface area contributed by atoms with E-state index in [-0.39, 0.29) is 36.8 Å². The van der Waals surface area contributed by atoms with E-state index >= 15 is 0 Å². The number of carbonyl (C=O) groups is 3. The highest BCUT2D eigenvalue weighted by Gasteiger charge is 2.41. The molecule has 0 heterocycles.